The predicted molar refractivity (Wildman–Crippen MR) is 108 cm³/mol. The van der Waals surface area contributed by atoms with Crippen molar-refractivity contribution < 1.29 is 4.79 Å². The van der Waals surface area contributed by atoms with Crippen LogP contribution in [0.25, 0.3) is 27.5 Å². The molecule has 0 aliphatic rings. The second kappa shape index (κ2) is 6.54. The molecule has 0 atom stereocenters. The molecule has 0 unspecified atom stereocenters. The topological polar surface area (TPSA) is 34.4 Å². The lowest BCUT2D eigenvalue weighted by Gasteiger charge is -2.06. The number of fused-ring (bicyclic) bond motifs is 1. The van der Waals surface area contributed by atoms with E-state index in [0.29, 0.717) is 11.6 Å². The van der Waals surface area contributed by atoms with Gasteiger partial charge in [0.1, 0.15) is 11.4 Å². The molecule has 0 bridgehead atoms. The Bertz CT molecular complexity index is 1070. The van der Waals surface area contributed by atoms with E-state index in [-0.39, 0.29) is 0 Å². The maximum Gasteiger partial charge on any atom is 0.195 e. The van der Waals surface area contributed by atoms with Crippen molar-refractivity contribution in [3.05, 3.63) is 70.7 Å². The molecule has 3 nitrogen and oxygen atoms in total. The van der Waals surface area contributed by atoms with Crippen LogP contribution in [0.3, 0.4) is 0 Å². The number of aryl methyl sites for hydroxylation is 1. The maximum absolute atomic E-state index is 11.9. The zero-order chi connectivity index (χ0) is 18.3. The second-order valence-corrected chi connectivity index (χ2v) is 7.68. The van der Waals surface area contributed by atoms with Crippen molar-refractivity contribution in [1.82, 2.24) is 9.38 Å². The molecule has 0 radical (unpaired) electrons. The standard InChI is InChI=1S/C22H20N2OS/c1-14(2)16-8-10-18(11-9-16)21-19(12-25)24-20(13-26-22(24)23-21)17-6-4-15(3)5-7-17/h4-14H,1-3H3. The number of carbonyl (C=O) groups excluding carboxylic acids is 1. The van der Waals surface area contributed by atoms with Gasteiger partial charge >= 0.3 is 0 Å². The zero-order valence-electron chi connectivity index (χ0n) is 15.1. The van der Waals surface area contributed by atoms with E-state index in [0.717, 1.165) is 33.8 Å². The van der Waals surface area contributed by atoms with Crippen LogP contribution in [0.2, 0.25) is 0 Å². The van der Waals surface area contributed by atoms with Crippen LogP contribution >= 0.6 is 11.3 Å². The Balaban J connectivity index is 1.87. The fraction of sp³-hybridized carbons (Fsp3) is 0.182. The molecule has 0 aliphatic heterocycles. The molecule has 130 valence electrons. The van der Waals surface area contributed by atoms with Gasteiger partial charge in [-0.2, -0.15) is 0 Å². The van der Waals surface area contributed by atoms with Gasteiger partial charge in [0.15, 0.2) is 11.2 Å². The van der Waals surface area contributed by atoms with Gasteiger partial charge in [0, 0.05) is 10.9 Å². The summed E-state index contributed by atoms with van der Waals surface area (Å²) in [6.07, 6.45) is 0.913. The molecular formula is C22H20N2OS. The van der Waals surface area contributed by atoms with E-state index in [1.54, 1.807) is 11.3 Å². The molecule has 0 spiro atoms. The van der Waals surface area contributed by atoms with Crippen molar-refractivity contribution in [2.24, 2.45) is 0 Å². The molecular weight excluding hydrogens is 340 g/mol. The fourth-order valence-corrected chi connectivity index (χ4v) is 4.06. The van der Waals surface area contributed by atoms with Crippen LogP contribution in [0.15, 0.2) is 53.9 Å². The highest BCUT2D eigenvalue weighted by molar-refractivity contribution is 7.15. The Morgan fingerprint density at radius 1 is 1.00 bits per heavy atom. The summed E-state index contributed by atoms with van der Waals surface area (Å²) in [4.78, 5) is 17.5. The minimum atomic E-state index is 0.480. The summed E-state index contributed by atoms with van der Waals surface area (Å²) in [6.45, 7) is 6.42. The van der Waals surface area contributed by atoms with Gasteiger partial charge in [-0.1, -0.05) is 67.9 Å². The van der Waals surface area contributed by atoms with Crippen LogP contribution in [0.1, 0.15) is 41.4 Å². The number of aromatic nitrogens is 2. The van der Waals surface area contributed by atoms with Crippen LogP contribution in [0, 0.1) is 6.92 Å². The third-order valence-electron chi connectivity index (χ3n) is 4.71. The highest BCUT2D eigenvalue weighted by atomic mass is 32.1. The predicted octanol–water partition coefficient (Wildman–Crippen LogP) is 5.97. The van der Waals surface area contributed by atoms with E-state index in [2.05, 4.69) is 74.7 Å². The van der Waals surface area contributed by atoms with Crippen LogP contribution in [-0.4, -0.2) is 15.7 Å². The van der Waals surface area contributed by atoms with Crippen molar-refractivity contribution in [2.45, 2.75) is 26.7 Å². The molecule has 0 saturated heterocycles. The van der Waals surface area contributed by atoms with E-state index in [9.17, 15) is 4.79 Å². The average molecular weight is 360 g/mol. The quantitative estimate of drug-likeness (QED) is 0.420. The number of thiazole rings is 1. The van der Waals surface area contributed by atoms with Crippen molar-refractivity contribution >= 4 is 22.6 Å². The highest BCUT2D eigenvalue weighted by Gasteiger charge is 2.18. The average Bonchev–Trinajstić information content (AvgIpc) is 3.21. The Hall–Kier alpha value is -2.72. The lowest BCUT2D eigenvalue weighted by molar-refractivity contribution is 0.111. The number of aldehydes is 1. The molecule has 4 aromatic rings. The van der Waals surface area contributed by atoms with Gasteiger partial charge in [-0.05, 0) is 24.0 Å². The largest absolute Gasteiger partial charge is 0.296 e. The van der Waals surface area contributed by atoms with Crippen LogP contribution in [0.4, 0.5) is 0 Å². The van der Waals surface area contributed by atoms with E-state index < -0.39 is 0 Å². The number of benzene rings is 2. The van der Waals surface area contributed by atoms with Crippen molar-refractivity contribution in [2.75, 3.05) is 0 Å². The lowest BCUT2D eigenvalue weighted by Crippen LogP contribution is -1.94. The van der Waals surface area contributed by atoms with Crippen LogP contribution in [-0.2, 0) is 0 Å². The first-order valence-electron chi connectivity index (χ1n) is 8.71. The Kier molecular flexibility index (Phi) is 4.21. The summed E-state index contributed by atoms with van der Waals surface area (Å²) < 4.78 is 1.97. The molecule has 0 aliphatic carbocycles. The third-order valence-corrected chi connectivity index (χ3v) is 5.53. The SMILES string of the molecule is Cc1ccc(-c2csc3nc(-c4ccc(C(C)C)cc4)c(C=O)n23)cc1. The Morgan fingerprint density at radius 3 is 2.27 bits per heavy atom. The van der Waals surface area contributed by atoms with Gasteiger partial charge in [0.05, 0.1) is 5.69 Å². The zero-order valence-corrected chi connectivity index (χ0v) is 15.9. The summed E-state index contributed by atoms with van der Waals surface area (Å²) in [5, 5.41) is 2.06. The number of hydrogen-bond acceptors (Lipinski definition) is 3. The molecule has 0 N–H and O–H groups in total. The first kappa shape index (κ1) is 16.7. The number of nitrogens with zero attached hydrogens (tertiary/aromatic N) is 2. The second-order valence-electron chi connectivity index (χ2n) is 6.85. The summed E-state index contributed by atoms with van der Waals surface area (Å²) in [5.41, 5.74) is 6.91. The van der Waals surface area contributed by atoms with Gasteiger partial charge in [-0.25, -0.2) is 4.98 Å². The fourth-order valence-electron chi connectivity index (χ4n) is 3.15. The van der Waals surface area contributed by atoms with Crippen LogP contribution in [0.5, 0.6) is 0 Å². The van der Waals surface area contributed by atoms with E-state index >= 15 is 0 Å². The molecule has 0 amide bonds. The van der Waals surface area contributed by atoms with Gasteiger partial charge in [-0.15, -0.1) is 11.3 Å². The van der Waals surface area contributed by atoms with Crippen molar-refractivity contribution in [1.29, 1.82) is 0 Å². The Morgan fingerprint density at radius 2 is 1.65 bits per heavy atom. The van der Waals surface area contributed by atoms with Crippen molar-refractivity contribution in [3.63, 3.8) is 0 Å². The minimum Gasteiger partial charge on any atom is -0.296 e. The highest BCUT2D eigenvalue weighted by Crippen LogP contribution is 2.32. The monoisotopic (exact) mass is 360 g/mol. The third kappa shape index (κ3) is 2.76. The van der Waals surface area contributed by atoms with Crippen LogP contribution < -0.4 is 0 Å². The molecule has 26 heavy (non-hydrogen) atoms. The molecule has 2 aromatic carbocycles. The Labute approximate surface area is 157 Å². The first-order valence-corrected chi connectivity index (χ1v) is 9.59. The molecule has 0 fully saturated rings. The van der Waals surface area contributed by atoms with E-state index in [1.165, 1.54) is 11.1 Å². The molecule has 2 aromatic heterocycles. The molecule has 4 heteroatoms. The van der Waals surface area contributed by atoms with Gasteiger partial charge in [0.2, 0.25) is 0 Å². The molecule has 4 rings (SSSR count). The first-order chi connectivity index (χ1) is 12.6. The number of imidazole rings is 1. The number of hydrogen-bond donors (Lipinski definition) is 0. The van der Waals surface area contributed by atoms with E-state index in [4.69, 9.17) is 4.98 Å². The normalized spacial score (nSPS) is 11.4. The van der Waals surface area contributed by atoms with E-state index in [1.807, 2.05) is 4.40 Å². The van der Waals surface area contributed by atoms with Crippen molar-refractivity contribution in [3.8, 4) is 22.5 Å². The minimum absolute atomic E-state index is 0.480. The summed E-state index contributed by atoms with van der Waals surface area (Å²) in [7, 11) is 0. The number of carbonyl (C=O) groups is 1. The molecule has 2 heterocycles. The van der Waals surface area contributed by atoms with Gasteiger partial charge in [-0.3, -0.25) is 9.20 Å². The number of rotatable bonds is 4. The smallest absolute Gasteiger partial charge is 0.195 e. The van der Waals surface area contributed by atoms with Gasteiger partial charge in [0.25, 0.3) is 0 Å². The van der Waals surface area contributed by atoms with Gasteiger partial charge < -0.3 is 0 Å². The maximum atomic E-state index is 11.9. The lowest BCUT2D eigenvalue weighted by atomic mass is 10.0. The molecule has 0 saturated carbocycles. The summed E-state index contributed by atoms with van der Waals surface area (Å²) in [6, 6.07) is 16.7. The summed E-state index contributed by atoms with van der Waals surface area (Å²) >= 11 is 1.56. The summed E-state index contributed by atoms with van der Waals surface area (Å²) in [5.74, 6) is 0.480.